The SMILES string of the molecule is CC(=O)N(CC(C)(C)C=C=C(C)CCC=C(C)C)c1ccccc1. The zero-order chi connectivity index (χ0) is 18.2. The maximum Gasteiger partial charge on any atom is 0.223 e. The van der Waals surface area contributed by atoms with Gasteiger partial charge in [0, 0.05) is 24.6 Å². The van der Waals surface area contributed by atoms with Gasteiger partial charge in [-0.1, -0.05) is 43.7 Å². The summed E-state index contributed by atoms with van der Waals surface area (Å²) in [6.45, 7) is 12.9. The number of rotatable bonds is 7. The van der Waals surface area contributed by atoms with E-state index in [2.05, 4.69) is 52.5 Å². The number of hydrogen-bond donors (Lipinski definition) is 0. The lowest BCUT2D eigenvalue weighted by Crippen LogP contribution is -2.36. The number of carbonyl (C=O) groups excluding carboxylic acids is 1. The molecular weight excluding hydrogens is 294 g/mol. The van der Waals surface area contributed by atoms with Crippen molar-refractivity contribution < 1.29 is 4.79 Å². The lowest BCUT2D eigenvalue weighted by Gasteiger charge is -2.29. The predicted octanol–water partition coefficient (Wildman–Crippen LogP) is 5.91. The third-order valence-corrected chi connectivity index (χ3v) is 3.79. The third kappa shape index (κ3) is 7.48. The first-order valence-corrected chi connectivity index (χ1v) is 8.61. The molecule has 0 aliphatic rings. The van der Waals surface area contributed by atoms with Crippen LogP contribution in [0.1, 0.15) is 54.4 Å². The van der Waals surface area contributed by atoms with Crippen LogP contribution in [0.3, 0.4) is 0 Å². The van der Waals surface area contributed by atoms with Gasteiger partial charge >= 0.3 is 0 Å². The third-order valence-electron chi connectivity index (χ3n) is 3.79. The average molecular weight is 325 g/mol. The molecule has 0 N–H and O–H groups in total. The lowest BCUT2D eigenvalue weighted by atomic mass is 9.92. The number of nitrogens with zero attached hydrogens (tertiary/aromatic N) is 1. The summed E-state index contributed by atoms with van der Waals surface area (Å²) in [5, 5.41) is 0. The average Bonchev–Trinajstić information content (AvgIpc) is 2.51. The van der Waals surface area contributed by atoms with Crippen LogP contribution < -0.4 is 4.90 Å². The van der Waals surface area contributed by atoms with Crippen molar-refractivity contribution in [3.63, 3.8) is 0 Å². The zero-order valence-electron chi connectivity index (χ0n) is 16.0. The quantitative estimate of drug-likeness (QED) is 0.450. The van der Waals surface area contributed by atoms with Crippen LogP contribution in [0, 0.1) is 5.41 Å². The molecule has 24 heavy (non-hydrogen) atoms. The minimum absolute atomic E-state index is 0.0620. The van der Waals surface area contributed by atoms with Gasteiger partial charge in [-0.15, -0.1) is 5.73 Å². The van der Waals surface area contributed by atoms with E-state index in [-0.39, 0.29) is 11.3 Å². The van der Waals surface area contributed by atoms with Crippen LogP contribution in [0.15, 0.2) is 59.4 Å². The van der Waals surface area contributed by atoms with Crippen molar-refractivity contribution in [2.24, 2.45) is 5.41 Å². The van der Waals surface area contributed by atoms with E-state index in [1.165, 1.54) is 11.1 Å². The molecule has 0 aromatic heterocycles. The lowest BCUT2D eigenvalue weighted by molar-refractivity contribution is -0.116. The molecule has 130 valence electrons. The largest absolute Gasteiger partial charge is 0.312 e. The number of carbonyl (C=O) groups is 1. The van der Waals surface area contributed by atoms with Gasteiger partial charge in [-0.3, -0.25) is 4.79 Å². The van der Waals surface area contributed by atoms with Crippen molar-refractivity contribution in [2.75, 3.05) is 11.4 Å². The molecule has 0 unspecified atom stereocenters. The maximum absolute atomic E-state index is 12.0. The first-order valence-electron chi connectivity index (χ1n) is 8.61. The first-order chi connectivity index (χ1) is 11.2. The Hall–Kier alpha value is -2.05. The Morgan fingerprint density at radius 1 is 1.12 bits per heavy atom. The van der Waals surface area contributed by atoms with Gasteiger partial charge in [0.25, 0.3) is 0 Å². The van der Waals surface area contributed by atoms with Crippen LogP contribution in [0.2, 0.25) is 0 Å². The highest BCUT2D eigenvalue weighted by molar-refractivity contribution is 5.91. The number of allylic oxidation sites excluding steroid dienone is 2. The van der Waals surface area contributed by atoms with E-state index in [1.54, 1.807) is 6.92 Å². The van der Waals surface area contributed by atoms with Crippen LogP contribution >= 0.6 is 0 Å². The van der Waals surface area contributed by atoms with Crippen LogP contribution in [-0.4, -0.2) is 12.5 Å². The number of anilines is 1. The number of benzene rings is 1. The first kappa shape index (κ1) is 20.0. The van der Waals surface area contributed by atoms with Gasteiger partial charge in [0.1, 0.15) is 0 Å². The second-order valence-electron chi connectivity index (χ2n) is 7.32. The molecule has 1 amide bonds. The standard InChI is InChI=1S/C22H31NO/c1-18(2)11-10-12-19(3)15-16-22(5,6)17-23(20(4)24)21-13-8-7-9-14-21/h7-9,11,13-14,16H,10,12,17H2,1-6H3. The molecule has 0 saturated heterocycles. The fourth-order valence-corrected chi connectivity index (χ4v) is 2.41. The van der Waals surface area contributed by atoms with Crippen molar-refractivity contribution in [1.29, 1.82) is 0 Å². The summed E-state index contributed by atoms with van der Waals surface area (Å²) in [5.74, 6) is 0.0620. The highest BCUT2D eigenvalue weighted by Crippen LogP contribution is 2.23. The molecule has 0 saturated carbocycles. The van der Waals surface area contributed by atoms with Crippen LogP contribution in [0.25, 0.3) is 0 Å². The molecule has 2 heteroatoms. The Bertz CT molecular complexity index is 627. The van der Waals surface area contributed by atoms with Crippen LogP contribution in [-0.2, 0) is 4.79 Å². The van der Waals surface area contributed by atoms with Gasteiger partial charge in [-0.25, -0.2) is 0 Å². The highest BCUT2D eigenvalue weighted by Gasteiger charge is 2.22. The summed E-state index contributed by atoms with van der Waals surface area (Å²) < 4.78 is 0. The number of hydrogen-bond acceptors (Lipinski definition) is 1. The van der Waals surface area contributed by atoms with Crippen molar-refractivity contribution >= 4 is 11.6 Å². The molecule has 0 spiro atoms. The fourth-order valence-electron chi connectivity index (χ4n) is 2.41. The van der Waals surface area contributed by atoms with Gasteiger partial charge in [0.15, 0.2) is 0 Å². The van der Waals surface area contributed by atoms with Crippen molar-refractivity contribution in [1.82, 2.24) is 0 Å². The maximum atomic E-state index is 12.0. The Balaban J connectivity index is 2.84. The topological polar surface area (TPSA) is 20.3 Å². The highest BCUT2D eigenvalue weighted by atomic mass is 16.2. The fraction of sp³-hybridized carbons (Fsp3) is 0.455. The molecule has 0 atom stereocenters. The van der Waals surface area contributed by atoms with Gasteiger partial charge in [-0.2, -0.15) is 0 Å². The molecule has 1 aromatic carbocycles. The zero-order valence-corrected chi connectivity index (χ0v) is 16.0. The van der Waals surface area contributed by atoms with Gasteiger partial charge < -0.3 is 4.90 Å². The van der Waals surface area contributed by atoms with E-state index < -0.39 is 0 Å². The summed E-state index contributed by atoms with van der Waals surface area (Å²) in [6.07, 6.45) is 6.43. The molecule has 0 heterocycles. The molecule has 1 rings (SSSR count). The molecule has 0 aliphatic carbocycles. The van der Waals surface area contributed by atoms with Crippen LogP contribution in [0.4, 0.5) is 5.69 Å². The van der Waals surface area contributed by atoms with E-state index in [0.29, 0.717) is 6.54 Å². The van der Waals surface area contributed by atoms with Crippen molar-refractivity contribution in [3.8, 4) is 0 Å². The summed E-state index contributed by atoms with van der Waals surface area (Å²) in [5.41, 5.74) is 6.82. The van der Waals surface area contributed by atoms with Gasteiger partial charge in [-0.05, 0) is 57.4 Å². The Kier molecular flexibility index (Phi) is 7.74. The summed E-state index contributed by atoms with van der Waals surface area (Å²) >= 11 is 0. The normalized spacial score (nSPS) is 10.6. The van der Waals surface area contributed by atoms with Gasteiger partial charge in [0.2, 0.25) is 5.91 Å². The monoisotopic (exact) mass is 325 g/mol. The summed E-state index contributed by atoms with van der Waals surface area (Å²) in [7, 11) is 0. The molecular formula is C22H31NO. The second kappa shape index (κ2) is 9.30. The minimum atomic E-state index is -0.140. The van der Waals surface area contributed by atoms with E-state index >= 15 is 0 Å². The Morgan fingerprint density at radius 3 is 2.29 bits per heavy atom. The smallest absolute Gasteiger partial charge is 0.223 e. The minimum Gasteiger partial charge on any atom is -0.312 e. The summed E-state index contributed by atoms with van der Waals surface area (Å²) in [6, 6.07) is 9.83. The van der Waals surface area contributed by atoms with Crippen molar-refractivity contribution in [3.05, 3.63) is 59.4 Å². The Labute approximate surface area is 147 Å². The van der Waals surface area contributed by atoms with Gasteiger partial charge in [0.05, 0.1) is 0 Å². The molecule has 0 fully saturated rings. The van der Waals surface area contributed by atoms with E-state index in [0.717, 1.165) is 18.5 Å². The summed E-state index contributed by atoms with van der Waals surface area (Å²) in [4.78, 5) is 13.9. The molecule has 0 radical (unpaired) electrons. The number of amides is 1. The predicted molar refractivity (Wildman–Crippen MR) is 104 cm³/mol. The van der Waals surface area contributed by atoms with E-state index in [9.17, 15) is 4.79 Å². The van der Waals surface area contributed by atoms with E-state index in [4.69, 9.17) is 0 Å². The Morgan fingerprint density at radius 2 is 1.75 bits per heavy atom. The number of para-hydroxylation sites is 1. The van der Waals surface area contributed by atoms with Crippen molar-refractivity contribution in [2.45, 2.75) is 54.4 Å². The van der Waals surface area contributed by atoms with E-state index in [1.807, 2.05) is 35.2 Å². The van der Waals surface area contributed by atoms with Crippen LogP contribution in [0.5, 0.6) is 0 Å². The molecule has 2 nitrogen and oxygen atoms in total. The molecule has 0 aliphatic heterocycles. The second-order valence-corrected chi connectivity index (χ2v) is 7.32. The molecule has 0 bridgehead atoms. The molecule has 1 aromatic rings.